The van der Waals surface area contributed by atoms with Crippen LogP contribution in [-0.2, 0) is 11.2 Å². The number of likely N-dealkylation sites (tertiary alicyclic amines) is 1. The van der Waals surface area contributed by atoms with Crippen LogP contribution >= 0.6 is 0 Å². The first-order valence-electron chi connectivity index (χ1n) is 8.68. The molecule has 1 aromatic rings. The van der Waals surface area contributed by atoms with Crippen LogP contribution in [0.15, 0.2) is 12.4 Å². The summed E-state index contributed by atoms with van der Waals surface area (Å²) in [4.78, 5) is 27.1. The van der Waals surface area contributed by atoms with Crippen LogP contribution in [0.25, 0.3) is 0 Å². The van der Waals surface area contributed by atoms with Crippen molar-refractivity contribution in [2.24, 2.45) is 5.92 Å². The number of nitrogens with zero attached hydrogens (tertiary/aromatic N) is 5. The number of hydrogen-bond acceptors (Lipinski definition) is 5. The summed E-state index contributed by atoms with van der Waals surface area (Å²) in [6.07, 6.45) is 4.37. The predicted molar refractivity (Wildman–Crippen MR) is 90.4 cm³/mol. The van der Waals surface area contributed by atoms with Crippen molar-refractivity contribution in [3.63, 3.8) is 0 Å². The SMILES string of the molecule is CCc1cc(N2CCN(CC3CCC(=O)N(C)C3)CC2)ncn1. The monoisotopic (exact) mass is 317 g/mol. The lowest BCUT2D eigenvalue weighted by atomic mass is 9.97. The average molecular weight is 317 g/mol. The molecule has 1 atom stereocenters. The highest BCUT2D eigenvalue weighted by atomic mass is 16.2. The molecule has 6 nitrogen and oxygen atoms in total. The summed E-state index contributed by atoms with van der Waals surface area (Å²) in [7, 11) is 1.92. The molecule has 0 N–H and O–H groups in total. The summed E-state index contributed by atoms with van der Waals surface area (Å²) in [5.74, 6) is 1.97. The van der Waals surface area contributed by atoms with Crippen LogP contribution < -0.4 is 4.90 Å². The highest BCUT2D eigenvalue weighted by molar-refractivity contribution is 5.76. The Labute approximate surface area is 138 Å². The van der Waals surface area contributed by atoms with Crippen molar-refractivity contribution in [2.75, 3.05) is 51.2 Å². The van der Waals surface area contributed by atoms with Gasteiger partial charge in [-0.15, -0.1) is 0 Å². The topological polar surface area (TPSA) is 52.6 Å². The van der Waals surface area contributed by atoms with E-state index in [2.05, 4.69) is 32.8 Å². The molecule has 0 bridgehead atoms. The van der Waals surface area contributed by atoms with Crippen molar-refractivity contribution >= 4 is 11.7 Å². The van der Waals surface area contributed by atoms with E-state index in [0.717, 1.165) is 63.6 Å². The van der Waals surface area contributed by atoms with Gasteiger partial charge in [0.05, 0.1) is 0 Å². The van der Waals surface area contributed by atoms with E-state index in [1.165, 1.54) is 0 Å². The zero-order chi connectivity index (χ0) is 16.2. The fraction of sp³-hybridized carbons (Fsp3) is 0.706. The Morgan fingerprint density at radius 1 is 1.22 bits per heavy atom. The highest BCUT2D eigenvalue weighted by Gasteiger charge is 2.26. The van der Waals surface area contributed by atoms with Crippen LogP contribution in [-0.4, -0.2) is 72.0 Å². The second-order valence-electron chi connectivity index (χ2n) is 6.69. The Morgan fingerprint density at radius 2 is 2.00 bits per heavy atom. The van der Waals surface area contributed by atoms with E-state index in [-0.39, 0.29) is 0 Å². The Morgan fingerprint density at radius 3 is 2.70 bits per heavy atom. The molecule has 3 heterocycles. The van der Waals surface area contributed by atoms with Gasteiger partial charge in [0, 0.05) is 64.5 Å². The Hall–Kier alpha value is -1.69. The molecule has 3 rings (SSSR count). The van der Waals surface area contributed by atoms with Gasteiger partial charge in [-0.2, -0.15) is 0 Å². The Kier molecular flexibility index (Phi) is 5.10. The largest absolute Gasteiger partial charge is 0.354 e. The molecule has 2 saturated heterocycles. The third-order valence-corrected chi connectivity index (χ3v) is 5.01. The first-order valence-corrected chi connectivity index (χ1v) is 8.68. The van der Waals surface area contributed by atoms with Crippen LogP contribution in [0.2, 0.25) is 0 Å². The van der Waals surface area contributed by atoms with E-state index in [4.69, 9.17) is 0 Å². The summed E-state index contributed by atoms with van der Waals surface area (Å²) >= 11 is 0. The summed E-state index contributed by atoms with van der Waals surface area (Å²) < 4.78 is 0. The number of piperidine rings is 1. The zero-order valence-electron chi connectivity index (χ0n) is 14.2. The summed E-state index contributed by atoms with van der Waals surface area (Å²) in [5, 5.41) is 0. The molecule has 2 aliphatic heterocycles. The highest BCUT2D eigenvalue weighted by Crippen LogP contribution is 2.19. The van der Waals surface area contributed by atoms with E-state index in [1.807, 2.05) is 11.9 Å². The molecule has 23 heavy (non-hydrogen) atoms. The summed E-state index contributed by atoms with van der Waals surface area (Å²) in [6.45, 7) is 8.30. The summed E-state index contributed by atoms with van der Waals surface area (Å²) in [5.41, 5.74) is 1.10. The molecule has 0 aliphatic carbocycles. The Balaban J connectivity index is 1.49. The van der Waals surface area contributed by atoms with Crippen molar-refractivity contribution < 1.29 is 4.79 Å². The molecule has 2 fully saturated rings. The molecule has 1 amide bonds. The first kappa shape index (κ1) is 16.2. The van der Waals surface area contributed by atoms with Crippen LogP contribution in [0.3, 0.4) is 0 Å². The molecule has 126 valence electrons. The van der Waals surface area contributed by atoms with Crippen molar-refractivity contribution in [1.29, 1.82) is 0 Å². The molecule has 0 saturated carbocycles. The number of rotatable bonds is 4. The molecular weight excluding hydrogens is 290 g/mol. The molecule has 2 aliphatic rings. The maximum absolute atomic E-state index is 11.6. The number of carbonyl (C=O) groups excluding carboxylic acids is 1. The van der Waals surface area contributed by atoms with Gasteiger partial charge in [-0.1, -0.05) is 6.92 Å². The van der Waals surface area contributed by atoms with E-state index in [1.54, 1.807) is 6.33 Å². The molecule has 1 unspecified atom stereocenters. The molecule has 0 spiro atoms. The van der Waals surface area contributed by atoms with Crippen molar-refractivity contribution in [2.45, 2.75) is 26.2 Å². The molecule has 1 aromatic heterocycles. The third-order valence-electron chi connectivity index (χ3n) is 5.01. The van der Waals surface area contributed by atoms with Crippen molar-refractivity contribution in [1.82, 2.24) is 19.8 Å². The van der Waals surface area contributed by atoms with Gasteiger partial charge in [-0.25, -0.2) is 9.97 Å². The number of hydrogen-bond donors (Lipinski definition) is 0. The van der Waals surface area contributed by atoms with Gasteiger partial charge in [0.25, 0.3) is 0 Å². The van der Waals surface area contributed by atoms with Gasteiger partial charge in [0.15, 0.2) is 0 Å². The van der Waals surface area contributed by atoms with Crippen LogP contribution in [0.1, 0.15) is 25.5 Å². The number of carbonyl (C=O) groups is 1. The van der Waals surface area contributed by atoms with Gasteiger partial charge < -0.3 is 9.80 Å². The minimum Gasteiger partial charge on any atom is -0.354 e. The minimum absolute atomic E-state index is 0.293. The second-order valence-corrected chi connectivity index (χ2v) is 6.69. The predicted octanol–water partition coefficient (Wildman–Crippen LogP) is 1.03. The number of aryl methyl sites for hydroxylation is 1. The van der Waals surface area contributed by atoms with E-state index in [9.17, 15) is 4.79 Å². The van der Waals surface area contributed by atoms with Gasteiger partial charge in [0.1, 0.15) is 12.1 Å². The van der Waals surface area contributed by atoms with Gasteiger partial charge in [-0.05, 0) is 18.8 Å². The van der Waals surface area contributed by atoms with E-state index in [0.29, 0.717) is 18.2 Å². The van der Waals surface area contributed by atoms with Gasteiger partial charge in [-0.3, -0.25) is 9.69 Å². The lowest BCUT2D eigenvalue weighted by Gasteiger charge is -2.39. The summed E-state index contributed by atoms with van der Waals surface area (Å²) in [6, 6.07) is 2.11. The van der Waals surface area contributed by atoms with Crippen LogP contribution in [0.5, 0.6) is 0 Å². The van der Waals surface area contributed by atoms with Gasteiger partial charge in [0.2, 0.25) is 5.91 Å². The van der Waals surface area contributed by atoms with Crippen molar-refractivity contribution in [3.8, 4) is 0 Å². The first-order chi connectivity index (χ1) is 11.2. The molecule has 0 aromatic carbocycles. The van der Waals surface area contributed by atoms with Crippen molar-refractivity contribution in [3.05, 3.63) is 18.1 Å². The lowest BCUT2D eigenvalue weighted by Crippen LogP contribution is -2.50. The van der Waals surface area contributed by atoms with E-state index < -0.39 is 0 Å². The van der Waals surface area contributed by atoms with Crippen LogP contribution in [0, 0.1) is 5.92 Å². The lowest BCUT2D eigenvalue weighted by molar-refractivity contribution is -0.133. The standard InChI is InChI=1S/C17H27N5O/c1-3-15-10-16(19-13-18-15)22-8-6-21(7-9-22)12-14-4-5-17(23)20(2)11-14/h10,13-14H,3-9,11-12H2,1-2H3. The quantitative estimate of drug-likeness (QED) is 0.830. The fourth-order valence-electron chi connectivity index (χ4n) is 3.52. The smallest absolute Gasteiger partial charge is 0.222 e. The minimum atomic E-state index is 0.293. The molecule has 6 heteroatoms. The number of amides is 1. The molecule has 0 radical (unpaired) electrons. The van der Waals surface area contributed by atoms with E-state index >= 15 is 0 Å². The van der Waals surface area contributed by atoms with Crippen LogP contribution in [0.4, 0.5) is 5.82 Å². The van der Waals surface area contributed by atoms with Gasteiger partial charge >= 0.3 is 0 Å². The Bertz CT molecular complexity index is 542. The number of piperazine rings is 1. The second kappa shape index (κ2) is 7.25. The molecular formula is C17H27N5O. The average Bonchev–Trinajstić information content (AvgIpc) is 2.59. The number of aromatic nitrogens is 2. The normalized spacial score (nSPS) is 23.4. The fourth-order valence-corrected chi connectivity index (χ4v) is 3.52. The maximum atomic E-state index is 11.6. The number of anilines is 1. The third kappa shape index (κ3) is 3.99. The zero-order valence-corrected chi connectivity index (χ0v) is 14.2. The maximum Gasteiger partial charge on any atom is 0.222 e.